The van der Waals surface area contributed by atoms with Crippen LogP contribution < -0.4 is 0 Å². The quantitative estimate of drug-likeness (QED) is 0.441. The minimum absolute atomic E-state index is 0.267. The first-order valence-corrected chi connectivity index (χ1v) is 7.63. The van der Waals surface area contributed by atoms with Crippen LogP contribution in [-0.4, -0.2) is 13.1 Å². The number of carbonyl (C=O) groups is 1. The van der Waals surface area contributed by atoms with Gasteiger partial charge in [-0.25, -0.2) is 0 Å². The normalized spacial score (nSPS) is 14.4. The molecule has 1 atom stereocenters. The highest BCUT2D eigenvalue weighted by Gasteiger charge is 2.18. The Morgan fingerprint density at radius 3 is 2.91 bits per heavy atom. The van der Waals surface area contributed by atoms with E-state index >= 15 is 0 Å². The first-order valence-electron chi connectivity index (χ1n) is 7.63. The number of terminal acetylenes is 1. The molecule has 0 bridgehead atoms. The molecule has 2 heteroatoms. The molecule has 1 nitrogen and oxygen atoms in total. The summed E-state index contributed by atoms with van der Waals surface area (Å²) in [5.74, 6) is 5.42. The van der Waals surface area contributed by atoms with Crippen LogP contribution in [0.3, 0.4) is 0 Å². The maximum atomic E-state index is 11.9. The predicted octanol–water partition coefficient (Wildman–Crippen LogP) is 3.90. The number of ketones is 1. The summed E-state index contributed by atoms with van der Waals surface area (Å²) in [4.78, 5) is 11.9. The lowest BCUT2D eigenvalue weighted by Crippen LogP contribution is -2.10. The summed E-state index contributed by atoms with van der Waals surface area (Å²) in [6.07, 6.45) is 8.74. The molecule has 0 spiro atoms. The van der Waals surface area contributed by atoms with Crippen molar-refractivity contribution in [2.45, 2.75) is 26.7 Å². The SMILES string of the molecule is C#Cc1cccc(C2=CBC([C@H](C)CC(=O)CC(=C)C)=C2)c1. The summed E-state index contributed by atoms with van der Waals surface area (Å²) in [5.41, 5.74) is 5.49. The first kappa shape index (κ1) is 16.1. The average molecular weight is 288 g/mol. The molecular weight excluding hydrogens is 267 g/mol. The van der Waals surface area contributed by atoms with Crippen LogP contribution >= 0.6 is 0 Å². The fourth-order valence-electron chi connectivity index (χ4n) is 2.76. The minimum atomic E-state index is 0.267. The molecule has 0 radical (unpaired) electrons. The molecule has 22 heavy (non-hydrogen) atoms. The lowest BCUT2D eigenvalue weighted by molar-refractivity contribution is -0.118. The zero-order valence-electron chi connectivity index (χ0n) is 13.4. The van der Waals surface area contributed by atoms with E-state index < -0.39 is 0 Å². The molecule has 0 unspecified atom stereocenters. The Bertz CT molecular complexity index is 701. The molecule has 1 aromatic carbocycles. The number of allylic oxidation sites excluding steroid dienone is 4. The zero-order valence-corrected chi connectivity index (χ0v) is 13.4. The average Bonchev–Trinajstić information content (AvgIpc) is 2.96. The first-order chi connectivity index (χ1) is 10.5. The van der Waals surface area contributed by atoms with E-state index in [0.29, 0.717) is 12.8 Å². The number of benzene rings is 1. The van der Waals surface area contributed by atoms with Gasteiger partial charge in [-0.3, -0.25) is 4.79 Å². The number of hydrogen-bond acceptors (Lipinski definition) is 1. The Labute approximate surface area is 134 Å². The Morgan fingerprint density at radius 1 is 1.45 bits per heavy atom. The Morgan fingerprint density at radius 2 is 2.23 bits per heavy atom. The van der Waals surface area contributed by atoms with Crippen LogP contribution in [0.4, 0.5) is 0 Å². The van der Waals surface area contributed by atoms with Crippen molar-refractivity contribution in [3.05, 3.63) is 65.1 Å². The van der Waals surface area contributed by atoms with E-state index in [2.05, 4.69) is 37.5 Å². The third-order valence-corrected chi connectivity index (χ3v) is 3.93. The lowest BCUT2D eigenvalue weighted by atomic mass is 9.66. The molecule has 2 rings (SSSR count). The minimum Gasteiger partial charge on any atom is -0.299 e. The fraction of sp³-hybridized carbons (Fsp3) is 0.250. The standard InChI is InChI=1S/C20H21BO/c1-5-16-7-6-8-17(11-16)18-12-20(21-13-18)15(4)10-19(22)9-14(2)3/h1,6-8,11-13,15,21H,2,9-10H2,3-4H3/t15-/m1/s1. The van der Waals surface area contributed by atoms with Crippen LogP contribution in [0.1, 0.15) is 37.8 Å². The summed E-state index contributed by atoms with van der Waals surface area (Å²) in [6, 6.07) is 8.02. The van der Waals surface area contributed by atoms with Gasteiger partial charge in [-0.05, 0) is 36.1 Å². The maximum Gasteiger partial charge on any atom is 0.178 e. The van der Waals surface area contributed by atoms with Crippen LogP contribution in [0.15, 0.2) is 53.9 Å². The van der Waals surface area contributed by atoms with E-state index in [1.54, 1.807) is 0 Å². The second kappa shape index (κ2) is 7.14. The topological polar surface area (TPSA) is 17.1 Å². The molecule has 0 fully saturated rings. The molecule has 1 heterocycles. The van der Waals surface area contributed by atoms with Crippen LogP contribution in [0.2, 0.25) is 0 Å². The van der Waals surface area contributed by atoms with Crippen molar-refractivity contribution < 1.29 is 4.79 Å². The van der Waals surface area contributed by atoms with Gasteiger partial charge in [0.25, 0.3) is 0 Å². The molecule has 1 aliphatic heterocycles. The highest BCUT2D eigenvalue weighted by molar-refractivity contribution is 6.55. The largest absolute Gasteiger partial charge is 0.299 e. The smallest absolute Gasteiger partial charge is 0.178 e. The number of carbonyl (C=O) groups excluding carboxylic acids is 1. The van der Waals surface area contributed by atoms with E-state index in [1.165, 1.54) is 11.0 Å². The van der Waals surface area contributed by atoms with Crippen molar-refractivity contribution >= 4 is 18.6 Å². The number of hydrogen-bond donors (Lipinski definition) is 0. The molecule has 0 aromatic heterocycles. The highest BCUT2D eigenvalue weighted by atomic mass is 16.1. The van der Waals surface area contributed by atoms with Gasteiger partial charge in [0.2, 0.25) is 0 Å². The Kier molecular flexibility index (Phi) is 5.23. The van der Waals surface area contributed by atoms with Gasteiger partial charge in [-0.2, -0.15) is 0 Å². The number of rotatable bonds is 6. The molecule has 0 saturated heterocycles. The number of Topliss-reactive ketones (excluding diaryl/α,β-unsaturated/α-hetero) is 1. The van der Waals surface area contributed by atoms with Crippen molar-refractivity contribution in [3.63, 3.8) is 0 Å². The van der Waals surface area contributed by atoms with E-state index in [1.807, 2.05) is 25.1 Å². The van der Waals surface area contributed by atoms with Crippen LogP contribution in [0.25, 0.3) is 5.57 Å². The van der Waals surface area contributed by atoms with Crippen molar-refractivity contribution in [1.29, 1.82) is 0 Å². The summed E-state index contributed by atoms with van der Waals surface area (Å²) in [7, 11) is 0.914. The molecule has 0 amide bonds. The molecule has 1 aliphatic rings. The lowest BCUT2D eigenvalue weighted by Gasteiger charge is -2.11. The van der Waals surface area contributed by atoms with Gasteiger partial charge in [0.15, 0.2) is 7.28 Å². The summed E-state index contributed by atoms with van der Waals surface area (Å²) in [6.45, 7) is 7.83. The van der Waals surface area contributed by atoms with Crippen LogP contribution in [0.5, 0.6) is 0 Å². The maximum absolute atomic E-state index is 11.9. The van der Waals surface area contributed by atoms with Crippen molar-refractivity contribution in [1.82, 2.24) is 0 Å². The van der Waals surface area contributed by atoms with Crippen molar-refractivity contribution in [2.75, 3.05) is 0 Å². The summed E-state index contributed by atoms with van der Waals surface area (Å²) in [5, 5.41) is 0. The van der Waals surface area contributed by atoms with Gasteiger partial charge in [-0.15, -0.1) is 12.4 Å². The van der Waals surface area contributed by atoms with Crippen molar-refractivity contribution in [2.24, 2.45) is 5.92 Å². The molecule has 0 saturated carbocycles. The zero-order chi connectivity index (χ0) is 16.1. The third kappa shape index (κ3) is 4.12. The van der Waals surface area contributed by atoms with Crippen LogP contribution in [0, 0.1) is 18.3 Å². The van der Waals surface area contributed by atoms with E-state index in [9.17, 15) is 4.79 Å². The van der Waals surface area contributed by atoms with Gasteiger partial charge >= 0.3 is 0 Å². The van der Waals surface area contributed by atoms with Gasteiger partial charge in [-0.1, -0.05) is 48.7 Å². The van der Waals surface area contributed by atoms with Crippen molar-refractivity contribution in [3.8, 4) is 12.3 Å². The summed E-state index contributed by atoms with van der Waals surface area (Å²) >= 11 is 0. The Hall–Kier alpha value is -2.27. The predicted molar refractivity (Wildman–Crippen MR) is 95.8 cm³/mol. The second-order valence-electron chi connectivity index (χ2n) is 6.09. The van der Waals surface area contributed by atoms with E-state index in [0.717, 1.165) is 24.0 Å². The van der Waals surface area contributed by atoms with E-state index in [4.69, 9.17) is 6.42 Å². The highest BCUT2D eigenvalue weighted by Crippen LogP contribution is 2.28. The van der Waals surface area contributed by atoms with Crippen LogP contribution in [-0.2, 0) is 4.79 Å². The monoisotopic (exact) mass is 288 g/mol. The molecule has 0 aliphatic carbocycles. The summed E-state index contributed by atoms with van der Waals surface area (Å²) < 4.78 is 0. The molecule has 0 N–H and O–H groups in total. The van der Waals surface area contributed by atoms with Gasteiger partial charge in [0.1, 0.15) is 5.78 Å². The molecular formula is C20H21BO. The van der Waals surface area contributed by atoms with E-state index in [-0.39, 0.29) is 11.7 Å². The fourth-order valence-corrected chi connectivity index (χ4v) is 2.76. The molecule has 110 valence electrons. The second-order valence-corrected chi connectivity index (χ2v) is 6.09. The Balaban J connectivity index is 2.06. The molecule has 1 aromatic rings. The van der Waals surface area contributed by atoms with Gasteiger partial charge < -0.3 is 0 Å². The third-order valence-electron chi connectivity index (χ3n) is 3.93. The van der Waals surface area contributed by atoms with Gasteiger partial charge in [0.05, 0.1) is 0 Å². The van der Waals surface area contributed by atoms with Gasteiger partial charge in [0, 0.05) is 18.4 Å².